The number of nitrogens with one attached hydrogen (secondary N) is 1. The van der Waals surface area contributed by atoms with E-state index in [1.54, 1.807) is 0 Å². The van der Waals surface area contributed by atoms with E-state index < -0.39 is 13.1 Å². The van der Waals surface area contributed by atoms with Gasteiger partial charge in [-0.3, -0.25) is 4.79 Å². The van der Waals surface area contributed by atoms with Gasteiger partial charge in [-0.05, 0) is 19.3 Å². The van der Waals surface area contributed by atoms with E-state index in [2.05, 4.69) is 17.9 Å². The van der Waals surface area contributed by atoms with Crippen LogP contribution in [0.3, 0.4) is 0 Å². The zero-order chi connectivity index (χ0) is 13.4. The molecule has 8 heteroatoms. The fourth-order valence-corrected chi connectivity index (χ4v) is 5.02. The van der Waals surface area contributed by atoms with Crippen molar-refractivity contribution in [2.24, 2.45) is 0 Å². The summed E-state index contributed by atoms with van der Waals surface area (Å²) in [6, 6.07) is 0. The van der Waals surface area contributed by atoms with E-state index in [4.69, 9.17) is 10.0 Å². The largest absolute Gasteiger partial charge is 0.476 e. The Morgan fingerprint density at radius 3 is 2.83 bits per heavy atom. The van der Waals surface area contributed by atoms with Crippen molar-refractivity contribution >= 4 is 47.2 Å². The van der Waals surface area contributed by atoms with Gasteiger partial charge >= 0.3 is 7.12 Å². The van der Waals surface area contributed by atoms with E-state index in [9.17, 15) is 4.79 Å². The highest BCUT2D eigenvalue weighted by atomic mass is 33.1. The minimum absolute atomic E-state index is 0.129. The molecule has 1 aliphatic rings. The number of unbranched alkanes of at least 4 members (excludes halogenated alkanes) is 1. The molecule has 0 aliphatic carbocycles. The highest BCUT2D eigenvalue weighted by Gasteiger charge is 2.23. The molecule has 0 spiro atoms. The first-order valence-electron chi connectivity index (χ1n) is 6.18. The van der Waals surface area contributed by atoms with Gasteiger partial charge in [0.05, 0.1) is 5.94 Å². The van der Waals surface area contributed by atoms with E-state index in [0.29, 0.717) is 6.42 Å². The van der Waals surface area contributed by atoms with Gasteiger partial charge in [0.2, 0.25) is 5.91 Å². The second-order valence-electron chi connectivity index (χ2n) is 4.34. The summed E-state index contributed by atoms with van der Waals surface area (Å²) in [5.41, 5.74) is 0. The highest BCUT2D eigenvalue weighted by molar-refractivity contribution is 8.77. The normalized spacial score (nSPS) is 20.7. The summed E-state index contributed by atoms with van der Waals surface area (Å²) in [6.45, 7) is 0. The zero-order valence-corrected chi connectivity index (χ0v) is 12.8. The lowest BCUT2D eigenvalue weighted by Gasteiger charge is -2.15. The Bertz CT molecular complexity index is 253. The summed E-state index contributed by atoms with van der Waals surface area (Å²) in [4.78, 5) is 11.5. The van der Waals surface area contributed by atoms with E-state index in [-0.39, 0.29) is 11.7 Å². The number of hydrogen-bond acceptors (Lipinski definition) is 6. The first-order valence-corrected chi connectivity index (χ1v) is 9.19. The molecule has 1 rings (SSSR count). The molecule has 0 aromatic rings. The molecular formula is C10H20BNO3S3. The van der Waals surface area contributed by atoms with Crippen molar-refractivity contribution in [3.8, 4) is 0 Å². The Kier molecular flexibility index (Phi) is 8.66. The first kappa shape index (κ1) is 16.6. The summed E-state index contributed by atoms with van der Waals surface area (Å²) in [7, 11) is 2.35. The molecule has 1 amide bonds. The lowest BCUT2D eigenvalue weighted by molar-refractivity contribution is -0.121. The third kappa shape index (κ3) is 6.61. The Labute approximate surface area is 122 Å². The van der Waals surface area contributed by atoms with Crippen LogP contribution in [0.1, 0.15) is 32.1 Å². The van der Waals surface area contributed by atoms with E-state index >= 15 is 0 Å². The van der Waals surface area contributed by atoms with Crippen LogP contribution in [-0.4, -0.2) is 45.8 Å². The highest BCUT2D eigenvalue weighted by Crippen LogP contribution is 2.39. The van der Waals surface area contributed by atoms with Crippen LogP contribution in [0.5, 0.6) is 0 Å². The summed E-state index contributed by atoms with van der Waals surface area (Å²) in [6.07, 6.45) is 4.80. The van der Waals surface area contributed by atoms with Crippen LogP contribution in [0.2, 0.25) is 0 Å². The van der Waals surface area contributed by atoms with Crippen molar-refractivity contribution < 1.29 is 14.8 Å². The molecule has 1 fully saturated rings. The smallest absolute Gasteiger partial charge is 0.426 e. The number of carbonyl (C=O) groups is 1. The number of amides is 1. The van der Waals surface area contributed by atoms with Crippen molar-refractivity contribution in [1.82, 2.24) is 5.32 Å². The molecule has 0 radical (unpaired) electrons. The van der Waals surface area contributed by atoms with E-state index in [1.165, 1.54) is 18.6 Å². The zero-order valence-electron chi connectivity index (χ0n) is 10.2. The molecule has 3 N–H and O–H groups in total. The van der Waals surface area contributed by atoms with Gasteiger partial charge in [-0.2, -0.15) is 12.6 Å². The predicted molar refractivity (Wildman–Crippen MR) is 82.9 cm³/mol. The molecular weight excluding hydrogens is 289 g/mol. The Morgan fingerprint density at radius 2 is 2.28 bits per heavy atom. The minimum Gasteiger partial charge on any atom is -0.426 e. The quantitative estimate of drug-likeness (QED) is 0.234. The van der Waals surface area contributed by atoms with Crippen molar-refractivity contribution in [2.75, 3.05) is 11.5 Å². The van der Waals surface area contributed by atoms with Crippen LogP contribution < -0.4 is 5.32 Å². The average molecular weight is 309 g/mol. The second-order valence-corrected chi connectivity index (χ2v) is 7.50. The summed E-state index contributed by atoms with van der Waals surface area (Å²) in [5.74, 6) is 0.658. The van der Waals surface area contributed by atoms with Gasteiger partial charge in [0.15, 0.2) is 0 Å². The summed E-state index contributed by atoms with van der Waals surface area (Å²) < 4.78 is 0. The lowest BCUT2D eigenvalue weighted by Crippen LogP contribution is -2.47. The number of rotatable bonds is 8. The third-order valence-corrected chi connectivity index (χ3v) is 6.21. The fourth-order valence-electron chi connectivity index (χ4n) is 1.72. The molecule has 1 aliphatic heterocycles. The van der Waals surface area contributed by atoms with Gasteiger partial charge in [-0.25, -0.2) is 0 Å². The minimum atomic E-state index is -1.54. The van der Waals surface area contributed by atoms with Gasteiger partial charge in [0.25, 0.3) is 0 Å². The lowest BCUT2D eigenvalue weighted by atomic mass is 9.81. The van der Waals surface area contributed by atoms with Gasteiger partial charge in [0, 0.05) is 23.2 Å². The van der Waals surface area contributed by atoms with Crippen molar-refractivity contribution in [3.63, 3.8) is 0 Å². The maximum atomic E-state index is 11.5. The van der Waals surface area contributed by atoms with Crippen LogP contribution in [0, 0.1) is 0 Å². The Morgan fingerprint density at radius 1 is 1.50 bits per heavy atom. The molecule has 0 aromatic carbocycles. The van der Waals surface area contributed by atoms with Crippen molar-refractivity contribution in [3.05, 3.63) is 0 Å². The molecule has 1 unspecified atom stereocenters. The van der Waals surface area contributed by atoms with Crippen molar-refractivity contribution in [2.45, 2.75) is 43.3 Å². The standard InChI is InChI=1S/C10H20BNO3S3/c13-10(12-9(7-16)11(14)15)4-2-1-3-8-5-6-17-18-8/h8-9,14-16H,1-7H2,(H,12,13)/t8-,9?/m1/s1. The Hall–Kier alpha value is 0.505. The van der Waals surface area contributed by atoms with Gasteiger partial charge in [-0.15, -0.1) is 0 Å². The molecule has 104 valence electrons. The maximum Gasteiger partial charge on any atom is 0.476 e. The van der Waals surface area contributed by atoms with Crippen LogP contribution in [0.15, 0.2) is 0 Å². The van der Waals surface area contributed by atoms with E-state index in [1.807, 2.05) is 21.6 Å². The SMILES string of the molecule is O=C(CCCC[C@@H]1CCSS1)NC(CS)B(O)O. The molecule has 0 bridgehead atoms. The average Bonchev–Trinajstić information content (AvgIpc) is 2.84. The number of carbonyl (C=O) groups excluding carboxylic acids is 1. The second kappa shape index (κ2) is 9.42. The van der Waals surface area contributed by atoms with Gasteiger partial charge in [-0.1, -0.05) is 28.0 Å². The van der Waals surface area contributed by atoms with Crippen LogP contribution >= 0.6 is 34.2 Å². The molecule has 2 atom stereocenters. The molecule has 18 heavy (non-hydrogen) atoms. The summed E-state index contributed by atoms with van der Waals surface area (Å²) >= 11 is 3.96. The first-order chi connectivity index (χ1) is 8.63. The fraction of sp³-hybridized carbons (Fsp3) is 0.900. The van der Waals surface area contributed by atoms with Crippen LogP contribution in [0.25, 0.3) is 0 Å². The summed E-state index contributed by atoms with van der Waals surface area (Å²) in [5, 5.41) is 21.2. The Balaban J connectivity index is 2.05. The monoisotopic (exact) mass is 309 g/mol. The predicted octanol–water partition coefficient (Wildman–Crippen LogP) is 1.13. The maximum absolute atomic E-state index is 11.5. The molecule has 0 saturated carbocycles. The molecule has 1 saturated heterocycles. The van der Waals surface area contributed by atoms with Crippen LogP contribution in [0.4, 0.5) is 0 Å². The number of hydrogen-bond donors (Lipinski definition) is 4. The number of thiol groups is 1. The van der Waals surface area contributed by atoms with Crippen LogP contribution in [-0.2, 0) is 4.79 Å². The van der Waals surface area contributed by atoms with Crippen molar-refractivity contribution in [1.29, 1.82) is 0 Å². The van der Waals surface area contributed by atoms with Gasteiger partial charge < -0.3 is 15.4 Å². The van der Waals surface area contributed by atoms with Gasteiger partial charge in [0.1, 0.15) is 0 Å². The van der Waals surface area contributed by atoms with E-state index in [0.717, 1.165) is 18.1 Å². The topological polar surface area (TPSA) is 69.6 Å². The third-order valence-electron chi connectivity index (χ3n) is 2.81. The molecule has 4 nitrogen and oxygen atoms in total. The molecule has 0 aromatic heterocycles. The molecule has 1 heterocycles.